The van der Waals surface area contributed by atoms with Gasteiger partial charge in [0.2, 0.25) is 5.88 Å². The summed E-state index contributed by atoms with van der Waals surface area (Å²) in [5.74, 6) is 1.08. The number of carbonyl (C=O) groups is 2. The third-order valence-corrected chi connectivity index (χ3v) is 7.30. The number of rotatable bonds is 8. The smallest absolute Gasteiger partial charge is 0.208 e. The lowest BCUT2D eigenvalue weighted by Gasteiger charge is -2.32. The molecule has 1 fully saturated rings. The number of carbonyl (C=O) groups excluding carboxylic acids is 2. The number of nitrogens with zero attached hydrogens (tertiary/aromatic N) is 1. The number of hydrogen-bond acceptors (Lipinski definition) is 5. The van der Waals surface area contributed by atoms with Crippen LogP contribution in [0.25, 0.3) is 0 Å². The van der Waals surface area contributed by atoms with E-state index in [2.05, 4.69) is 13.8 Å². The number of aromatic nitrogens is 1. The Bertz CT molecular complexity index is 727. The molecular weight excluding hydrogens is 374 g/mol. The molecule has 2 N–H and O–H groups in total. The topological polar surface area (TPSA) is 79.5 Å². The van der Waals surface area contributed by atoms with Crippen LogP contribution in [-0.4, -0.2) is 31.1 Å². The Morgan fingerprint density at radius 1 is 1.11 bits per heavy atom. The van der Waals surface area contributed by atoms with Crippen molar-refractivity contribution < 1.29 is 19.8 Å². The Morgan fingerprint density at radius 3 is 2.18 bits per heavy atom. The van der Waals surface area contributed by atoms with E-state index in [-0.39, 0.29) is 34.0 Å². The maximum Gasteiger partial charge on any atom is 0.208 e. The fraction of sp³-hybridized carbons (Fsp3) is 0.727. The first-order chi connectivity index (χ1) is 12.8. The first-order valence-corrected chi connectivity index (χ1v) is 11.0. The van der Waals surface area contributed by atoms with E-state index < -0.39 is 5.41 Å². The molecule has 5 nitrogen and oxygen atoms in total. The SMILES string of the molecule is CC(=O)C1CCC(Cn2c(O)cc(SC(C)(C)CC(C)(C)C(C)=O)c2O)CC1. The zero-order valence-corrected chi connectivity index (χ0v) is 18.9. The molecule has 2 rings (SSSR count). The molecule has 0 atom stereocenters. The summed E-state index contributed by atoms with van der Waals surface area (Å²) in [6, 6.07) is 1.61. The van der Waals surface area contributed by atoms with Crippen molar-refractivity contribution in [3.63, 3.8) is 0 Å². The molecule has 1 aromatic rings. The predicted molar refractivity (Wildman–Crippen MR) is 113 cm³/mol. The van der Waals surface area contributed by atoms with E-state index >= 15 is 0 Å². The molecule has 1 saturated carbocycles. The second-order valence-corrected chi connectivity index (χ2v) is 11.4. The highest BCUT2D eigenvalue weighted by molar-refractivity contribution is 8.00. The predicted octanol–water partition coefficient (Wildman–Crippen LogP) is 5.17. The Morgan fingerprint density at radius 2 is 1.68 bits per heavy atom. The molecule has 1 aromatic heterocycles. The number of hydrogen-bond donors (Lipinski definition) is 2. The van der Waals surface area contributed by atoms with Crippen molar-refractivity contribution in [3.05, 3.63) is 6.07 Å². The number of Topliss-reactive ketones (excluding diaryl/α,β-unsaturated/α-hetero) is 2. The molecule has 0 bridgehead atoms. The maximum absolute atomic E-state index is 11.9. The van der Waals surface area contributed by atoms with Crippen LogP contribution >= 0.6 is 11.8 Å². The molecule has 1 heterocycles. The third-order valence-electron chi connectivity index (χ3n) is 6.08. The van der Waals surface area contributed by atoms with Crippen LogP contribution < -0.4 is 0 Å². The molecule has 0 aromatic carbocycles. The van der Waals surface area contributed by atoms with Crippen LogP contribution in [0, 0.1) is 17.3 Å². The summed E-state index contributed by atoms with van der Waals surface area (Å²) in [5.41, 5.74) is -0.438. The fourth-order valence-corrected chi connectivity index (χ4v) is 5.68. The third kappa shape index (κ3) is 5.56. The quantitative estimate of drug-likeness (QED) is 0.579. The molecule has 6 heteroatoms. The molecular formula is C22H35NO4S. The van der Waals surface area contributed by atoms with Gasteiger partial charge in [-0.25, -0.2) is 0 Å². The minimum atomic E-state index is -0.438. The molecule has 0 aliphatic heterocycles. The standard InChI is InChI=1S/C22H35NO4S/c1-14(24)17-9-7-16(8-10-17)12-23-19(26)11-18(20(23)27)28-22(5,6)13-21(3,4)15(2)25/h11,16-17,26-27H,7-10,12-13H2,1-6H3. The zero-order chi connectivity index (χ0) is 21.3. The average molecular weight is 410 g/mol. The normalized spacial score (nSPS) is 20.9. The average Bonchev–Trinajstić information content (AvgIpc) is 2.81. The Labute approximate surface area is 172 Å². The molecule has 0 unspecified atom stereocenters. The van der Waals surface area contributed by atoms with Gasteiger partial charge in [-0.2, -0.15) is 0 Å². The van der Waals surface area contributed by atoms with Gasteiger partial charge in [0.15, 0.2) is 5.88 Å². The fourth-order valence-electron chi connectivity index (χ4n) is 4.29. The minimum absolute atomic E-state index is 0.0651. The van der Waals surface area contributed by atoms with Gasteiger partial charge in [0.25, 0.3) is 0 Å². The lowest BCUT2D eigenvalue weighted by Crippen LogP contribution is -2.30. The van der Waals surface area contributed by atoms with Crippen LogP contribution in [0.1, 0.15) is 73.6 Å². The van der Waals surface area contributed by atoms with E-state index in [9.17, 15) is 19.8 Å². The van der Waals surface area contributed by atoms with Crippen LogP contribution in [0.3, 0.4) is 0 Å². The minimum Gasteiger partial charge on any atom is -0.494 e. The van der Waals surface area contributed by atoms with Crippen molar-refractivity contribution in [2.75, 3.05) is 0 Å². The van der Waals surface area contributed by atoms with E-state index in [0.717, 1.165) is 25.7 Å². The van der Waals surface area contributed by atoms with E-state index in [0.29, 0.717) is 23.8 Å². The second kappa shape index (κ2) is 8.52. The summed E-state index contributed by atoms with van der Waals surface area (Å²) in [6.07, 6.45) is 4.31. The van der Waals surface area contributed by atoms with Crippen LogP contribution in [0.2, 0.25) is 0 Å². The van der Waals surface area contributed by atoms with Crippen molar-refractivity contribution in [3.8, 4) is 11.8 Å². The summed E-state index contributed by atoms with van der Waals surface area (Å²) in [7, 11) is 0. The Balaban J connectivity index is 2.07. The summed E-state index contributed by atoms with van der Waals surface area (Å²) in [5, 5.41) is 21.1. The Kier molecular flexibility index (Phi) is 6.95. The van der Waals surface area contributed by atoms with Crippen LogP contribution in [0.15, 0.2) is 11.0 Å². The van der Waals surface area contributed by atoms with E-state index in [4.69, 9.17) is 0 Å². The Hall–Kier alpha value is -1.43. The largest absolute Gasteiger partial charge is 0.494 e. The number of thioether (sulfide) groups is 1. The lowest BCUT2D eigenvalue weighted by atomic mass is 9.80. The molecule has 158 valence electrons. The van der Waals surface area contributed by atoms with Gasteiger partial charge >= 0.3 is 0 Å². The first kappa shape index (κ1) is 22.9. The van der Waals surface area contributed by atoms with Crippen LogP contribution in [-0.2, 0) is 16.1 Å². The van der Waals surface area contributed by atoms with Gasteiger partial charge in [-0.1, -0.05) is 27.7 Å². The summed E-state index contributed by atoms with van der Waals surface area (Å²) < 4.78 is 1.30. The molecule has 0 saturated heterocycles. The van der Waals surface area contributed by atoms with Crippen molar-refractivity contribution in [1.82, 2.24) is 4.57 Å². The highest BCUT2D eigenvalue weighted by Crippen LogP contribution is 2.46. The van der Waals surface area contributed by atoms with Gasteiger partial charge in [-0.3, -0.25) is 14.2 Å². The van der Waals surface area contributed by atoms with E-state index in [1.54, 1.807) is 24.5 Å². The van der Waals surface area contributed by atoms with Crippen molar-refractivity contribution in [2.24, 2.45) is 17.3 Å². The van der Waals surface area contributed by atoms with Gasteiger partial charge in [-0.15, -0.1) is 11.8 Å². The molecule has 0 amide bonds. The highest BCUT2D eigenvalue weighted by Gasteiger charge is 2.34. The maximum atomic E-state index is 11.9. The van der Waals surface area contributed by atoms with E-state index in [1.807, 2.05) is 13.8 Å². The summed E-state index contributed by atoms with van der Waals surface area (Å²) in [4.78, 5) is 24.1. The lowest BCUT2D eigenvalue weighted by molar-refractivity contribution is -0.125. The highest BCUT2D eigenvalue weighted by atomic mass is 32.2. The van der Waals surface area contributed by atoms with Gasteiger partial charge < -0.3 is 10.2 Å². The number of ketones is 2. The van der Waals surface area contributed by atoms with Crippen LogP contribution in [0.4, 0.5) is 0 Å². The molecule has 1 aliphatic rings. The summed E-state index contributed by atoms with van der Waals surface area (Å²) in [6.45, 7) is 11.8. The van der Waals surface area contributed by atoms with Gasteiger partial charge in [0.05, 0.1) is 4.90 Å². The summed E-state index contributed by atoms with van der Waals surface area (Å²) >= 11 is 1.49. The first-order valence-electron chi connectivity index (χ1n) is 10.1. The monoisotopic (exact) mass is 409 g/mol. The van der Waals surface area contributed by atoms with Crippen molar-refractivity contribution in [2.45, 2.75) is 89.8 Å². The molecule has 1 aliphatic carbocycles. The molecule has 0 radical (unpaired) electrons. The van der Waals surface area contributed by atoms with Crippen LogP contribution in [0.5, 0.6) is 11.8 Å². The van der Waals surface area contributed by atoms with Gasteiger partial charge in [0.1, 0.15) is 11.6 Å². The van der Waals surface area contributed by atoms with Gasteiger partial charge in [-0.05, 0) is 51.9 Å². The second-order valence-electron chi connectivity index (χ2n) is 9.61. The number of aromatic hydroxyl groups is 2. The molecule has 0 spiro atoms. The molecule has 28 heavy (non-hydrogen) atoms. The zero-order valence-electron chi connectivity index (χ0n) is 18.0. The van der Waals surface area contributed by atoms with E-state index in [1.165, 1.54) is 11.8 Å². The van der Waals surface area contributed by atoms with Crippen molar-refractivity contribution >= 4 is 23.3 Å². The van der Waals surface area contributed by atoms with Gasteiger partial charge in [0, 0.05) is 28.7 Å². The van der Waals surface area contributed by atoms with Crippen molar-refractivity contribution in [1.29, 1.82) is 0 Å².